The van der Waals surface area contributed by atoms with Crippen molar-refractivity contribution in [3.63, 3.8) is 0 Å². The van der Waals surface area contributed by atoms with Crippen LogP contribution in [0.4, 0.5) is 5.13 Å². The van der Waals surface area contributed by atoms with Crippen LogP contribution in [0.5, 0.6) is 0 Å². The number of thiazole rings is 1. The molecule has 0 saturated heterocycles. The van der Waals surface area contributed by atoms with E-state index in [1.807, 2.05) is 19.2 Å². The molecule has 4 aromatic rings. The van der Waals surface area contributed by atoms with Crippen LogP contribution in [-0.4, -0.2) is 35.5 Å². The van der Waals surface area contributed by atoms with Crippen LogP contribution in [0.15, 0.2) is 36.5 Å². The third-order valence-corrected chi connectivity index (χ3v) is 4.56. The van der Waals surface area contributed by atoms with Gasteiger partial charge in [-0.3, -0.25) is 10.1 Å². The topological polar surface area (TPSA) is 98.0 Å². The van der Waals surface area contributed by atoms with Crippen molar-refractivity contribution in [2.75, 3.05) is 5.32 Å². The smallest absolute Gasteiger partial charge is 0.261 e. The Morgan fingerprint density at radius 3 is 2.88 bits per heavy atom. The summed E-state index contributed by atoms with van der Waals surface area (Å²) in [6.45, 7) is 3.77. The van der Waals surface area contributed by atoms with E-state index in [1.165, 1.54) is 24.0 Å². The average molecular weight is 351 g/mol. The zero-order valence-corrected chi connectivity index (χ0v) is 14.3. The van der Waals surface area contributed by atoms with Gasteiger partial charge in [0.05, 0.1) is 11.3 Å². The summed E-state index contributed by atoms with van der Waals surface area (Å²) < 4.78 is 1.57. The second-order valence-electron chi connectivity index (χ2n) is 5.44. The highest BCUT2D eigenvalue weighted by Crippen LogP contribution is 2.24. The van der Waals surface area contributed by atoms with E-state index in [0.29, 0.717) is 16.3 Å². The lowest BCUT2D eigenvalue weighted by Gasteiger charge is -2.08. The molecule has 4 heterocycles. The van der Waals surface area contributed by atoms with Crippen molar-refractivity contribution in [3.8, 4) is 11.1 Å². The van der Waals surface area contributed by atoms with Crippen LogP contribution >= 0.6 is 11.3 Å². The summed E-state index contributed by atoms with van der Waals surface area (Å²) in [6.07, 6.45) is 6.42. The lowest BCUT2D eigenvalue weighted by atomic mass is 10.1. The number of pyridine rings is 1. The molecular weight excluding hydrogens is 338 g/mol. The summed E-state index contributed by atoms with van der Waals surface area (Å²) in [5.41, 5.74) is 4.18. The van der Waals surface area contributed by atoms with Crippen molar-refractivity contribution < 1.29 is 4.79 Å². The standard InChI is InChI=1S/C16H13N7OS/c1-9-6-25-16(21-9)22-15(24)12-3-11(5-23-14(12)19-8-20-23)13-4-17-7-18-10(13)2/h3-8H,1-2H3,(H,21,22,24). The normalized spacial score (nSPS) is 11.0. The second kappa shape index (κ2) is 6.02. The van der Waals surface area contributed by atoms with Crippen LogP contribution in [0.3, 0.4) is 0 Å². The zero-order chi connectivity index (χ0) is 17.4. The molecule has 0 saturated carbocycles. The first-order valence-electron chi connectivity index (χ1n) is 7.45. The number of carbonyl (C=O) groups is 1. The van der Waals surface area contributed by atoms with Gasteiger partial charge in [0.25, 0.3) is 5.91 Å². The molecule has 0 atom stereocenters. The van der Waals surface area contributed by atoms with Crippen LogP contribution in [0.1, 0.15) is 21.7 Å². The van der Waals surface area contributed by atoms with Crippen molar-refractivity contribution in [3.05, 3.63) is 53.4 Å². The van der Waals surface area contributed by atoms with Crippen LogP contribution in [0.25, 0.3) is 16.8 Å². The fourth-order valence-electron chi connectivity index (χ4n) is 2.49. The fourth-order valence-corrected chi connectivity index (χ4v) is 3.17. The average Bonchev–Trinajstić information content (AvgIpc) is 3.23. The molecule has 0 radical (unpaired) electrons. The first-order valence-corrected chi connectivity index (χ1v) is 8.33. The Labute approximate surface area is 146 Å². The molecule has 8 nitrogen and oxygen atoms in total. The minimum Gasteiger partial charge on any atom is -0.298 e. The number of amides is 1. The molecule has 0 aliphatic rings. The Kier molecular flexibility index (Phi) is 3.69. The van der Waals surface area contributed by atoms with Gasteiger partial charge in [0, 0.05) is 34.6 Å². The van der Waals surface area contributed by atoms with Crippen molar-refractivity contribution in [2.24, 2.45) is 0 Å². The lowest BCUT2D eigenvalue weighted by Crippen LogP contribution is -2.14. The Morgan fingerprint density at radius 2 is 2.12 bits per heavy atom. The number of nitrogens with zero attached hydrogens (tertiary/aromatic N) is 6. The van der Waals surface area contributed by atoms with E-state index >= 15 is 0 Å². The first kappa shape index (κ1) is 15.3. The summed E-state index contributed by atoms with van der Waals surface area (Å²) in [5, 5.41) is 9.40. The maximum atomic E-state index is 12.7. The monoisotopic (exact) mass is 351 g/mol. The molecule has 0 aliphatic heterocycles. The quantitative estimate of drug-likeness (QED) is 0.609. The Balaban J connectivity index is 1.81. The van der Waals surface area contributed by atoms with Gasteiger partial charge in [0.15, 0.2) is 10.8 Å². The predicted molar refractivity (Wildman–Crippen MR) is 93.6 cm³/mol. The number of anilines is 1. The number of carbonyl (C=O) groups excluding carboxylic acids is 1. The van der Waals surface area contributed by atoms with E-state index in [-0.39, 0.29) is 5.91 Å². The molecule has 0 spiro atoms. The molecule has 1 amide bonds. The maximum Gasteiger partial charge on any atom is 0.261 e. The van der Waals surface area contributed by atoms with Gasteiger partial charge in [-0.15, -0.1) is 11.3 Å². The van der Waals surface area contributed by atoms with Gasteiger partial charge >= 0.3 is 0 Å². The summed E-state index contributed by atoms with van der Waals surface area (Å²) >= 11 is 1.38. The molecule has 0 bridgehead atoms. The number of fused-ring (bicyclic) bond motifs is 1. The molecule has 0 fully saturated rings. The minimum atomic E-state index is -0.288. The van der Waals surface area contributed by atoms with Crippen molar-refractivity contribution in [2.45, 2.75) is 13.8 Å². The fraction of sp³-hybridized carbons (Fsp3) is 0.125. The van der Waals surface area contributed by atoms with E-state index in [0.717, 1.165) is 22.5 Å². The number of hydrogen-bond donors (Lipinski definition) is 1. The van der Waals surface area contributed by atoms with Gasteiger partial charge < -0.3 is 0 Å². The Bertz CT molecular complexity index is 1080. The predicted octanol–water partition coefficient (Wildman–Crippen LogP) is 2.51. The van der Waals surface area contributed by atoms with Gasteiger partial charge in [-0.1, -0.05) is 0 Å². The second-order valence-corrected chi connectivity index (χ2v) is 6.30. The van der Waals surface area contributed by atoms with Crippen LogP contribution in [0.2, 0.25) is 0 Å². The van der Waals surface area contributed by atoms with E-state index in [9.17, 15) is 4.79 Å². The molecule has 1 N–H and O–H groups in total. The Hall–Kier alpha value is -3.20. The van der Waals surface area contributed by atoms with Gasteiger partial charge in [0.1, 0.15) is 12.7 Å². The molecule has 9 heteroatoms. The number of aromatic nitrogens is 6. The van der Waals surface area contributed by atoms with E-state index in [4.69, 9.17) is 0 Å². The summed E-state index contributed by atoms with van der Waals surface area (Å²) in [5.74, 6) is -0.288. The molecule has 0 aromatic carbocycles. The first-order chi connectivity index (χ1) is 12.1. The van der Waals surface area contributed by atoms with Crippen LogP contribution in [0, 0.1) is 13.8 Å². The lowest BCUT2D eigenvalue weighted by molar-refractivity contribution is 0.102. The molecule has 124 valence electrons. The SMILES string of the molecule is Cc1csc(NC(=O)c2cc(-c3cncnc3C)cn3ncnc23)n1. The summed E-state index contributed by atoms with van der Waals surface area (Å²) in [4.78, 5) is 29.5. The maximum absolute atomic E-state index is 12.7. The van der Waals surface area contributed by atoms with Crippen LogP contribution < -0.4 is 5.32 Å². The van der Waals surface area contributed by atoms with E-state index < -0.39 is 0 Å². The van der Waals surface area contributed by atoms with Gasteiger partial charge in [-0.25, -0.2) is 24.5 Å². The van der Waals surface area contributed by atoms with Gasteiger partial charge in [-0.05, 0) is 19.9 Å². The Morgan fingerprint density at radius 1 is 1.24 bits per heavy atom. The number of aryl methyl sites for hydroxylation is 2. The number of hydrogen-bond acceptors (Lipinski definition) is 7. The van der Waals surface area contributed by atoms with Crippen molar-refractivity contribution in [1.82, 2.24) is 29.5 Å². The largest absolute Gasteiger partial charge is 0.298 e. The highest BCUT2D eigenvalue weighted by Gasteiger charge is 2.17. The summed E-state index contributed by atoms with van der Waals surface area (Å²) in [7, 11) is 0. The van der Waals surface area contributed by atoms with Crippen molar-refractivity contribution >= 4 is 28.0 Å². The van der Waals surface area contributed by atoms with Gasteiger partial charge in [-0.2, -0.15) is 5.10 Å². The zero-order valence-electron chi connectivity index (χ0n) is 13.5. The molecule has 4 rings (SSSR count). The highest BCUT2D eigenvalue weighted by molar-refractivity contribution is 7.13. The number of nitrogens with one attached hydrogen (secondary N) is 1. The molecule has 4 aromatic heterocycles. The van der Waals surface area contributed by atoms with Gasteiger partial charge in [0.2, 0.25) is 0 Å². The van der Waals surface area contributed by atoms with E-state index in [2.05, 4.69) is 30.4 Å². The molecule has 0 unspecified atom stereocenters. The van der Waals surface area contributed by atoms with E-state index in [1.54, 1.807) is 23.0 Å². The van der Waals surface area contributed by atoms with Crippen LogP contribution in [-0.2, 0) is 0 Å². The molecular formula is C16H13N7OS. The molecule has 25 heavy (non-hydrogen) atoms. The highest BCUT2D eigenvalue weighted by atomic mass is 32.1. The summed E-state index contributed by atoms with van der Waals surface area (Å²) in [6, 6.07) is 1.77. The van der Waals surface area contributed by atoms with Crippen molar-refractivity contribution in [1.29, 1.82) is 0 Å². The number of rotatable bonds is 3. The minimum absolute atomic E-state index is 0.288. The molecule has 0 aliphatic carbocycles. The third kappa shape index (κ3) is 2.85. The third-order valence-electron chi connectivity index (χ3n) is 3.68.